The van der Waals surface area contributed by atoms with Crippen molar-refractivity contribution < 1.29 is 46.5 Å². The van der Waals surface area contributed by atoms with E-state index in [1.165, 1.54) is 0 Å². The third kappa shape index (κ3) is 23.9. The Labute approximate surface area is 413 Å². The van der Waals surface area contributed by atoms with Gasteiger partial charge in [0.15, 0.2) is 0 Å². The molecular formula is C36H76Cl4N10O10P6. The molecule has 66 heavy (non-hydrogen) atoms. The fourth-order valence-electron chi connectivity index (χ4n) is 7.16. The highest BCUT2D eigenvalue weighted by molar-refractivity contribution is 8.13. The Morgan fingerprint density at radius 2 is 0.439 bits per heavy atom. The second-order valence-electron chi connectivity index (χ2n) is 15.9. The van der Waals surface area contributed by atoms with Gasteiger partial charge in [-0.2, -0.15) is 27.1 Å². The van der Waals surface area contributed by atoms with Crippen LogP contribution >= 0.6 is 87.1 Å². The van der Waals surface area contributed by atoms with Gasteiger partial charge < -0.3 is 46.5 Å². The summed E-state index contributed by atoms with van der Waals surface area (Å²) in [5, 5.41) is 14.3. The Bertz CT molecular complexity index is 1570. The lowest BCUT2D eigenvalue weighted by Gasteiger charge is -2.32. The predicted molar refractivity (Wildman–Crippen MR) is 274 cm³/mol. The first-order chi connectivity index (χ1) is 32.1. The van der Waals surface area contributed by atoms with Gasteiger partial charge in [0.1, 0.15) is 0 Å². The molecule has 0 spiro atoms. The molecule has 0 aliphatic carbocycles. The van der Waals surface area contributed by atoms with E-state index in [9.17, 15) is 0 Å². The summed E-state index contributed by atoms with van der Waals surface area (Å²) in [5.74, 6) is -6.44. The van der Waals surface area contributed by atoms with Gasteiger partial charge in [-0.3, -0.25) is 0 Å². The van der Waals surface area contributed by atoms with Crippen molar-refractivity contribution in [3.8, 4) is 0 Å². The molecule has 0 radical (unpaired) electrons. The minimum Gasteiger partial charge on any atom is -0.377 e. The third-order valence-corrected chi connectivity index (χ3v) is 31.1. The molecule has 0 aromatic carbocycles. The molecule has 4 atom stereocenters. The number of nitrogens with one attached hydrogen (secondary N) is 4. The topological polar surface area (TPSA) is 215 Å². The molecule has 5 aliphatic heterocycles. The van der Waals surface area contributed by atoms with Gasteiger partial charge in [0.2, 0.25) is 0 Å². The molecule has 4 unspecified atom stereocenters. The second kappa shape index (κ2) is 33.0. The molecule has 5 aliphatic rings. The molecule has 0 fully saturated rings. The predicted octanol–water partition coefficient (Wildman–Crippen LogP) is 13.5. The van der Waals surface area contributed by atoms with Crippen LogP contribution in [0.25, 0.3) is 0 Å². The molecule has 0 aromatic rings. The molecule has 0 aromatic heterocycles. The fraction of sp³-hybridized carbons (Fsp3) is 1.00. The molecule has 5 heterocycles. The Kier molecular flexibility index (Phi) is 29.4. The van der Waals surface area contributed by atoms with Crippen molar-refractivity contribution >= 4 is 87.1 Å². The maximum atomic E-state index is 6.93. The lowest BCUT2D eigenvalue weighted by Crippen LogP contribution is -2.20. The zero-order valence-electron chi connectivity index (χ0n) is 38.4. The fourth-order valence-corrected chi connectivity index (χ4v) is 31.0. The van der Waals surface area contributed by atoms with E-state index in [0.29, 0.717) is 105 Å². The normalized spacial score (nSPS) is 34.4. The molecule has 388 valence electrons. The largest absolute Gasteiger partial charge is 0.377 e. The Balaban J connectivity index is 1.26. The number of nitrogens with zero attached hydrogens (tertiary/aromatic N) is 6. The Morgan fingerprint density at radius 1 is 0.242 bits per heavy atom. The first-order valence-corrected chi connectivity index (χ1v) is 37.2. The van der Waals surface area contributed by atoms with E-state index >= 15 is 0 Å². The second-order valence-corrected chi connectivity index (χ2v) is 35.4. The Morgan fingerprint density at radius 3 is 0.682 bits per heavy atom. The molecule has 0 saturated heterocycles. The van der Waals surface area contributed by atoms with Crippen molar-refractivity contribution in [2.75, 3.05) is 132 Å². The van der Waals surface area contributed by atoms with Crippen molar-refractivity contribution in [3.05, 3.63) is 0 Å². The van der Waals surface area contributed by atoms with Gasteiger partial charge in [-0.05, 0) is 70.6 Å². The van der Waals surface area contributed by atoms with Crippen LogP contribution in [0.4, 0.5) is 0 Å². The number of halogens is 4. The number of hydrogen-bond donors (Lipinski definition) is 4. The molecule has 4 bridgehead atoms. The minimum atomic E-state index is -3.22. The van der Waals surface area contributed by atoms with E-state index in [2.05, 4.69) is 20.3 Å². The first kappa shape index (κ1) is 58.9. The minimum absolute atomic E-state index is 0.255. The summed E-state index contributed by atoms with van der Waals surface area (Å²) in [6, 6.07) is 0. The zero-order chi connectivity index (χ0) is 46.6. The molecule has 0 saturated carbocycles. The first-order valence-electron chi connectivity index (χ1n) is 23.7. The van der Waals surface area contributed by atoms with Crippen molar-refractivity contribution in [2.45, 2.75) is 103 Å². The van der Waals surface area contributed by atoms with Crippen molar-refractivity contribution in [1.29, 1.82) is 0 Å². The van der Waals surface area contributed by atoms with Gasteiger partial charge in [0, 0.05) is 26.2 Å². The molecule has 20 nitrogen and oxygen atoms in total. The van der Waals surface area contributed by atoms with E-state index in [4.69, 9.17) is 119 Å². The SMILES string of the molecule is ClP1(Cl)=NP23=NP(=N1)(NCCCCCCCCCCNP14=NP(Cl)(Cl)=NP(=N1)(NCCCCCCCCCCN2)OCCOCCOCCOCCO4)OCCOCCOCCOCCO3. The summed E-state index contributed by atoms with van der Waals surface area (Å²) in [5.41, 5.74) is 0. The van der Waals surface area contributed by atoms with Gasteiger partial charge in [-0.25, -0.2) is 20.3 Å². The van der Waals surface area contributed by atoms with Gasteiger partial charge >= 0.3 is 0 Å². The highest BCUT2D eigenvalue weighted by atomic mass is 35.9. The summed E-state index contributed by atoms with van der Waals surface area (Å²) >= 11 is 27.7. The highest BCUT2D eigenvalue weighted by Crippen LogP contribution is 2.82. The van der Waals surface area contributed by atoms with E-state index in [1.54, 1.807) is 0 Å². The summed E-state index contributed by atoms with van der Waals surface area (Å²) in [7, 11) is -12.4. The van der Waals surface area contributed by atoms with E-state index in [0.717, 1.165) is 103 Å². The number of hydrogen-bond acceptors (Lipinski definition) is 20. The van der Waals surface area contributed by atoms with Gasteiger partial charge in [-0.1, -0.05) is 77.0 Å². The Hall–Kier alpha value is 1.98. The summed E-state index contributed by atoms with van der Waals surface area (Å²) in [4.78, 5) is 0. The lowest BCUT2D eigenvalue weighted by molar-refractivity contribution is 0.00533. The summed E-state index contributed by atoms with van der Waals surface area (Å²) in [6.45, 7) is 8.51. The van der Waals surface area contributed by atoms with E-state index < -0.39 is 42.2 Å². The smallest absolute Gasteiger partial charge is 0.280 e. The zero-order valence-corrected chi connectivity index (χ0v) is 46.8. The average Bonchev–Trinajstić information content (AvgIpc) is 3.25. The van der Waals surface area contributed by atoms with Crippen molar-refractivity contribution in [1.82, 2.24) is 20.3 Å². The summed E-state index contributed by atoms with van der Waals surface area (Å²) < 4.78 is 90.0. The van der Waals surface area contributed by atoms with Gasteiger partial charge in [-0.15, -0.1) is 0 Å². The van der Waals surface area contributed by atoms with Crippen LogP contribution in [-0.4, -0.2) is 132 Å². The van der Waals surface area contributed by atoms with Gasteiger partial charge in [0.05, 0.1) is 106 Å². The lowest BCUT2D eigenvalue weighted by atomic mass is 10.1. The van der Waals surface area contributed by atoms with E-state index in [1.807, 2.05) is 0 Å². The highest BCUT2D eigenvalue weighted by Gasteiger charge is 2.39. The van der Waals surface area contributed by atoms with Crippen LogP contribution in [0.1, 0.15) is 103 Å². The standard InChI is InChI=1S/C36H76Cl4N10O10P6/c37-61(38)45-63-41-17-13-9-5-1-2-6-10-14-18-42-64-46-62(39,40)48-66(50-64,60-36-32-56-28-24-52-22-26-54-30-34-58-64)44-20-16-12-8-4-3-7-11-15-19-43-65(47-61,49-63)59-35-31-55-27-23-51-21-25-53-29-33-57-63/h41-44H,1-36H2. The maximum absolute atomic E-state index is 6.93. The van der Waals surface area contributed by atoms with Crippen LogP contribution in [0.5, 0.6) is 0 Å². The van der Waals surface area contributed by atoms with Crippen LogP contribution < -0.4 is 20.3 Å². The average molecular weight is 1140 g/mol. The molecule has 0 amide bonds. The number of rotatable bonds is 0. The van der Waals surface area contributed by atoms with E-state index in [-0.39, 0.29) is 26.4 Å². The monoisotopic (exact) mass is 1130 g/mol. The van der Waals surface area contributed by atoms with Gasteiger partial charge in [0.25, 0.3) is 42.2 Å². The maximum Gasteiger partial charge on any atom is 0.280 e. The third-order valence-electron chi connectivity index (χ3n) is 10.4. The summed E-state index contributed by atoms with van der Waals surface area (Å²) in [6.07, 6.45) is 16.6. The molecular weight excluding hydrogens is 1060 g/mol. The van der Waals surface area contributed by atoms with Crippen molar-refractivity contribution in [2.24, 2.45) is 27.1 Å². The molecule has 4 N–H and O–H groups in total. The number of ether oxygens (including phenoxy) is 6. The quantitative estimate of drug-likeness (QED) is 0.166. The van der Waals surface area contributed by atoms with Crippen LogP contribution in [-0.2, 0) is 46.5 Å². The van der Waals surface area contributed by atoms with Crippen LogP contribution in [0.3, 0.4) is 0 Å². The van der Waals surface area contributed by atoms with Crippen LogP contribution in [0.2, 0.25) is 0 Å². The van der Waals surface area contributed by atoms with Crippen LogP contribution in [0.15, 0.2) is 27.1 Å². The molecule has 5 rings (SSSR count). The van der Waals surface area contributed by atoms with Crippen molar-refractivity contribution in [3.63, 3.8) is 0 Å². The van der Waals surface area contributed by atoms with Crippen LogP contribution in [0, 0.1) is 0 Å². The molecule has 30 heteroatoms.